The average molecular weight is 284 g/mol. The van der Waals surface area contributed by atoms with Crippen LogP contribution in [-0.4, -0.2) is 11.8 Å². The summed E-state index contributed by atoms with van der Waals surface area (Å²) in [4.78, 5) is 23.4. The summed E-state index contributed by atoms with van der Waals surface area (Å²) in [5, 5.41) is 2.84. The molecule has 2 amide bonds. The normalized spacial score (nSPS) is 11.7. The maximum absolute atomic E-state index is 12.2. The van der Waals surface area contributed by atoms with E-state index in [1.165, 1.54) is 0 Å². The van der Waals surface area contributed by atoms with Crippen LogP contribution in [0, 0.1) is 6.92 Å². The first-order valence-corrected chi connectivity index (χ1v) is 6.65. The Kier molecular flexibility index (Phi) is 4.33. The summed E-state index contributed by atoms with van der Waals surface area (Å²) in [7, 11) is 0. The average Bonchev–Trinajstić information content (AvgIpc) is 2.49. The van der Waals surface area contributed by atoms with Gasteiger partial charge in [0.1, 0.15) is 5.56 Å². The summed E-state index contributed by atoms with van der Waals surface area (Å²) in [6, 6.07) is 10.4. The fourth-order valence-corrected chi connectivity index (χ4v) is 1.90. The first-order chi connectivity index (χ1) is 9.97. The molecule has 0 aliphatic heterocycles. The van der Waals surface area contributed by atoms with Gasteiger partial charge < -0.3 is 11.1 Å². The molecule has 0 bridgehead atoms. The molecule has 1 atom stereocenters. The van der Waals surface area contributed by atoms with Gasteiger partial charge in [-0.1, -0.05) is 17.7 Å². The summed E-state index contributed by atoms with van der Waals surface area (Å²) < 4.78 is 1.66. The van der Waals surface area contributed by atoms with E-state index in [9.17, 15) is 9.59 Å². The zero-order valence-corrected chi connectivity index (χ0v) is 12.0. The Balaban J connectivity index is 2.13. The van der Waals surface area contributed by atoms with Crippen LogP contribution in [0.5, 0.6) is 0 Å². The Bertz CT molecular complexity index is 665. The molecule has 108 valence electrons. The molecule has 0 aliphatic rings. The molecule has 0 saturated carbocycles. The molecule has 5 heteroatoms. The van der Waals surface area contributed by atoms with Crippen molar-refractivity contribution in [3.05, 3.63) is 59.9 Å². The van der Waals surface area contributed by atoms with Gasteiger partial charge >= 0.3 is 0 Å². The van der Waals surface area contributed by atoms with E-state index in [1.807, 2.05) is 31.2 Å². The fourth-order valence-electron chi connectivity index (χ4n) is 1.90. The number of pyridine rings is 1. The van der Waals surface area contributed by atoms with Crippen LogP contribution < -0.4 is 15.6 Å². The van der Waals surface area contributed by atoms with Gasteiger partial charge in [0.15, 0.2) is 12.4 Å². The molecule has 1 aromatic heterocycles. The molecular weight excluding hydrogens is 266 g/mol. The molecule has 0 aliphatic carbocycles. The number of carbonyl (C=O) groups is 2. The number of carbonyl (C=O) groups excluding carboxylic acids is 2. The van der Waals surface area contributed by atoms with Crippen molar-refractivity contribution in [2.45, 2.75) is 19.9 Å². The molecule has 0 spiro atoms. The minimum absolute atomic E-state index is 0.162. The standard InChI is InChI=1S/C16H17N3O2/c1-11-5-7-14(8-6-11)18-16(21)12(2)19-9-3-4-13(10-19)15(17)20/h3-10,12H,1-2H3,(H2-,17,18,20,21)/p+1/t12-/m0/s1. The lowest BCUT2D eigenvalue weighted by atomic mass is 10.2. The number of nitrogens with one attached hydrogen (secondary N) is 1. The number of hydrogen-bond donors (Lipinski definition) is 2. The molecule has 5 nitrogen and oxygen atoms in total. The van der Waals surface area contributed by atoms with Gasteiger partial charge in [-0.2, -0.15) is 4.57 Å². The van der Waals surface area contributed by atoms with Crippen molar-refractivity contribution < 1.29 is 14.2 Å². The third-order valence-electron chi connectivity index (χ3n) is 3.25. The van der Waals surface area contributed by atoms with Crippen LogP contribution in [0.25, 0.3) is 0 Å². The molecule has 1 heterocycles. The third kappa shape index (κ3) is 3.66. The lowest BCUT2D eigenvalue weighted by Crippen LogP contribution is -2.44. The number of anilines is 1. The van der Waals surface area contributed by atoms with Crippen LogP contribution in [-0.2, 0) is 4.79 Å². The quantitative estimate of drug-likeness (QED) is 0.836. The van der Waals surface area contributed by atoms with E-state index in [0.29, 0.717) is 5.56 Å². The van der Waals surface area contributed by atoms with Crippen molar-refractivity contribution in [3.8, 4) is 0 Å². The predicted octanol–water partition coefficient (Wildman–Crippen LogP) is 1.58. The van der Waals surface area contributed by atoms with Gasteiger partial charge in [-0.05, 0) is 25.1 Å². The Hall–Kier alpha value is -2.69. The number of aryl methyl sites for hydroxylation is 1. The molecule has 0 unspecified atom stereocenters. The van der Waals surface area contributed by atoms with E-state index < -0.39 is 11.9 Å². The Morgan fingerprint density at radius 3 is 2.48 bits per heavy atom. The summed E-state index contributed by atoms with van der Waals surface area (Å²) in [5.74, 6) is -0.680. The van der Waals surface area contributed by atoms with Gasteiger partial charge in [0.25, 0.3) is 11.8 Å². The number of rotatable bonds is 4. The molecule has 21 heavy (non-hydrogen) atoms. The summed E-state index contributed by atoms with van der Waals surface area (Å²) in [6.45, 7) is 3.74. The van der Waals surface area contributed by atoms with Crippen molar-refractivity contribution in [1.29, 1.82) is 0 Å². The highest BCUT2D eigenvalue weighted by Crippen LogP contribution is 2.10. The van der Waals surface area contributed by atoms with E-state index in [-0.39, 0.29) is 5.91 Å². The van der Waals surface area contributed by atoms with Crippen LogP contribution in [0.4, 0.5) is 5.69 Å². The molecule has 2 aromatic rings. The Labute approximate surface area is 123 Å². The van der Waals surface area contributed by atoms with Crippen molar-refractivity contribution in [3.63, 3.8) is 0 Å². The van der Waals surface area contributed by atoms with Gasteiger partial charge in [-0.15, -0.1) is 0 Å². The third-order valence-corrected chi connectivity index (χ3v) is 3.25. The Morgan fingerprint density at radius 2 is 1.86 bits per heavy atom. The zero-order valence-electron chi connectivity index (χ0n) is 12.0. The number of nitrogens with zero attached hydrogens (tertiary/aromatic N) is 1. The molecule has 0 radical (unpaired) electrons. The van der Waals surface area contributed by atoms with E-state index in [0.717, 1.165) is 11.3 Å². The second-order valence-electron chi connectivity index (χ2n) is 4.94. The highest BCUT2D eigenvalue weighted by atomic mass is 16.2. The van der Waals surface area contributed by atoms with Gasteiger partial charge in [-0.3, -0.25) is 9.59 Å². The van der Waals surface area contributed by atoms with Gasteiger partial charge in [0.2, 0.25) is 6.04 Å². The highest BCUT2D eigenvalue weighted by molar-refractivity contribution is 5.93. The number of primary amides is 1. The van der Waals surface area contributed by atoms with Crippen molar-refractivity contribution in [2.24, 2.45) is 5.73 Å². The smallest absolute Gasteiger partial charge is 0.293 e. The second-order valence-corrected chi connectivity index (χ2v) is 4.94. The van der Waals surface area contributed by atoms with Crippen LogP contribution >= 0.6 is 0 Å². The maximum atomic E-state index is 12.2. The highest BCUT2D eigenvalue weighted by Gasteiger charge is 2.22. The van der Waals surface area contributed by atoms with Crippen LogP contribution in [0.1, 0.15) is 28.9 Å². The van der Waals surface area contributed by atoms with Crippen LogP contribution in [0.3, 0.4) is 0 Å². The van der Waals surface area contributed by atoms with E-state index in [2.05, 4.69) is 5.32 Å². The minimum atomic E-state index is -0.518. The summed E-state index contributed by atoms with van der Waals surface area (Å²) in [5.41, 5.74) is 7.48. The zero-order chi connectivity index (χ0) is 15.4. The number of amides is 2. The predicted molar refractivity (Wildman–Crippen MR) is 79.7 cm³/mol. The summed E-state index contributed by atoms with van der Waals surface area (Å²) >= 11 is 0. The lowest BCUT2D eigenvalue weighted by molar-refractivity contribution is -0.705. The lowest BCUT2D eigenvalue weighted by Gasteiger charge is -2.09. The Morgan fingerprint density at radius 1 is 1.19 bits per heavy atom. The SMILES string of the molecule is Cc1ccc(NC(=O)[C@H](C)[n+]2cccc(C(N)=O)c2)cc1. The number of nitrogens with two attached hydrogens (primary N) is 1. The van der Waals surface area contributed by atoms with E-state index in [1.54, 1.807) is 36.0 Å². The molecule has 0 saturated heterocycles. The first kappa shape index (κ1) is 14.7. The molecule has 1 aromatic carbocycles. The molecular formula is C16H18N3O2+. The van der Waals surface area contributed by atoms with Crippen molar-refractivity contribution in [2.75, 3.05) is 5.32 Å². The topological polar surface area (TPSA) is 76.1 Å². The maximum Gasteiger partial charge on any atom is 0.293 e. The second kappa shape index (κ2) is 6.17. The van der Waals surface area contributed by atoms with Crippen molar-refractivity contribution in [1.82, 2.24) is 0 Å². The monoisotopic (exact) mass is 284 g/mol. The molecule has 0 fully saturated rings. The largest absolute Gasteiger partial charge is 0.365 e. The van der Waals surface area contributed by atoms with Crippen LogP contribution in [0.2, 0.25) is 0 Å². The number of aromatic nitrogens is 1. The summed E-state index contributed by atoms with van der Waals surface area (Å²) in [6.07, 6.45) is 3.30. The van der Waals surface area contributed by atoms with Gasteiger partial charge in [0, 0.05) is 18.7 Å². The van der Waals surface area contributed by atoms with Gasteiger partial charge in [-0.25, -0.2) is 0 Å². The van der Waals surface area contributed by atoms with E-state index in [4.69, 9.17) is 5.73 Å². The van der Waals surface area contributed by atoms with Gasteiger partial charge in [0.05, 0.1) is 0 Å². The fraction of sp³-hybridized carbons (Fsp3) is 0.188. The van der Waals surface area contributed by atoms with E-state index >= 15 is 0 Å². The number of hydrogen-bond acceptors (Lipinski definition) is 2. The van der Waals surface area contributed by atoms with Crippen molar-refractivity contribution >= 4 is 17.5 Å². The first-order valence-electron chi connectivity index (χ1n) is 6.65. The minimum Gasteiger partial charge on any atom is -0.365 e. The molecule has 3 N–H and O–H groups in total. The number of benzene rings is 1. The van der Waals surface area contributed by atoms with Crippen LogP contribution in [0.15, 0.2) is 48.8 Å². The molecule has 2 rings (SSSR count).